The highest BCUT2D eigenvalue weighted by atomic mass is 32.2. The molecule has 4 rings (SSSR count). The first-order valence-electron chi connectivity index (χ1n) is 9.71. The second-order valence-corrected chi connectivity index (χ2v) is 8.04. The van der Waals surface area contributed by atoms with Gasteiger partial charge in [-0.1, -0.05) is 60.3 Å². The summed E-state index contributed by atoms with van der Waals surface area (Å²) in [5, 5.41) is 12.6. The van der Waals surface area contributed by atoms with Crippen molar-refractivity contribution in [2.75, 3.05) is 7.11 Å². The molecule has 7 heteroatoms. The third-order valence-electron chi connectivity index (χ3n) is 4.78. The molecule has 0 radical (unpaired) electrons. The molecule has 1 fully saturated rings. The summed E-state index contributed by atoms with van der Waals surface area (Å²) in [6.45, 7) is 1.08. The van der Waals surface area contributed by atoms with Crippen molar-refractivity contribution in [1.82, 2.24) is 20.1 Å². The van der Waals surface area contributed by atoms with Gasteiger partial charge in [-0.05, 0) is 30.0 Å². The molecule has 0 spiro atoms. The lowest BCUT2D eigenvalue weighted by molar-refractivity contribution is 0.0950. The van der Waals surface area contributed by atoms with Gasteiger partial charge in [0.2, 0.25) is 0 Å². The Kier molecular flexibility index (Phi) is 6.27. The molecule has 6 nitrogen and oxygen atoms in total. The second kappa shape index (κ2) is 9.24. The largest absolute Gasteiger partial charge is 0.377 e. The molecule has 1 aliphatic carbocycles. The van der Waals surface area contributed by atoms with E-state index in [4.69, 9.17) is 4.74 Å². The maximum Gasteiger partial charge on any atom is 0.251 e. The molecule has 0 saturated heterocycles. The normalized spacial score (nSPS) is 13.4. The van der Waals surface area contributed by atoms with Gasteiger partial charge < -0.3 is 10.1 Å². The summed E-state index contributed by atoms with van der Waals surface area (Å²) < 4.78 is 7.37. The molecule has 150 valence electrons. The van der Waals surface area contributed by atoms with Crippen LogP contribution in [0.25, 0.3) is 0 Å². The van der Waals surface area contributed by atoms with Crippen LogP contribution in [0.4, 0.5) is 0 Å². The molecule has 2 aromatic carbocycles. The summed E-state index contributed by atoms with van der Waals surface area (Å²) in [5.74, 6) is 1.45. The third kappa shape index (κ3) is 5.05. The Hall–Kier alpha value is -2.64. The Morgan fingerprint density at radius 3 is 2.66 bits per heavy atom. The molecule has 1 saturated carbocycles. The van der Waals surface area contributed by atoms with E-state index in [9.17, 15) is 4.79 Å². The fraction of sp³-hybridized carbons (Fsp3) is 0.318. The van der Waals surface area contributed by atoms with Crippen molar-refractivity contribution in [3.05, 3.63) is 77.1 Å². The van der Waals surface area contributed by atoms with E-state index < -0.39 is 0 Å². The summed E-state index contributed by atoms with van der Waals surface area (Å²) in [6, 6.07) is 18.3. The molecular weight excluding hydrogens is 384 g/mol. The van der Waals surface area contributed by atoms with Gasteiger partial charge in [0.05, 0.1) is 6.54 Å². The second-order valence-electron chi connectivity index (χ2n) is 7.10. The smallest absolute Gasteiger partial charge is 0.251 e. The topological polar surface area (TPSA) is 69.0 Å². The number of nitrogens with one attached hydrogen (secondary N) is 1. The zero-order chi connectivity index (χ0) is 20.1. The van der Waals surface area contributed by atoms with Crippen LogP contribution in [0.2, 0.25) is 0 Å². The van der Waals surface area contributed by atoms with Crippen molar-refractivity contribution in [3.63, 3.8) is 0 Å². The van der Waals surface area contributed by atoms with Crippen molar-refractivity contribution in [1.29, 1.82) is 0 Å². The Morgan fingerprint density at radius 2 is 1.90 bits per heavy atom. The first kappa shape index (κ1) is 19.7. The number of benzene rings is 2. The zero-order valence-corrected chi connectivity index (χ0v) is 17.2. The average molecular weight is 409 g/mol. The minimum atomic E-state index is 0.00882. The molecule has 1 N–H and O–H groups in total. The summed E-state index contributed by atoms with van der Waals surface area (Å²) >= 11 is 1.59. The van der Waals surface area contributed by atoms with Gasteiger partial charge in [-0.3, -0.25) is 9.36 Å². The number of hydrogen-bond donors (Lipinski definition) is 1. The number of aromatic nitrogens is 3. The number of rotatable bonds is 9. The molecule has 0 unspecified atom stereocenters. The first-order chi connectivity index (χ1) is 14.2. The van der Waals surface area contributed by atoms with Gasteiger partial charge in [-0.25, -0.2) is 0 Å². The van der Waals surface area contributed by atoms with Crippen molar-refractivity contribution >= 4 is 17.7 Å². The monoisotopic (exact) mass is 408 g/mol. The predicted octanol–water partition coefficient (Wildman–Crippen LogP) is 3.66. The fourth-order valence-electron chi connectivity index (χ4n) is 3.09. The molecule has 3 aromatic rings. The third-order valence-corrected chi connectivity index (χ3v) is 5.80. The van der Waals surface area contributed by atoms with E-state index in [0.717, 1.165) is 34.9 Å². The van der Waals surface area contributed by atoms with E-state index in [1.807, 2.05) is 42.5 Å². The van der Waals surface area contributed by atoms with Crippen LogP contribution in [0.3, 0.4) is 0 Å². The van der Waals surface area contributed by atoms with Gasteiger partial charge in [0.15, 0.2) is 11.0 Å². The van der Waals surface area contributed by atoms with E-state index in [0.29, 0.717) is 24.9 Å². The molecule has 0 aliphatic heterocycles. The highest BCUT2D eigenvalue weighted by Crippen LogP contribution is 2.26. The number of thioether (sulfide) groups is 1. The Balaban J connectivity index is 1.52. The van der Waals surface area contributed by atoms with Crippen LogP contribution in [-0.2, 0) is 23.6 Å². The Morgan fingerprint density at radius 1 is 1.14 bits per heavy atom. The highest BCUT2D eigenvalue weighted by Gasteiger charge is 2.24. The Labute approximate surface area is 174 Å². The highest BCUT2D eigenvalue weighted by molar-refractivity contribution is 7.98. The molecular formula is C22H24N4O2S. The quantitative estimate of drug-likeness (QED) is 0.547. The molecule has 0 bridgehead atoms. The number of amides is 1. The molecule has 1 amide bonds. The predicted molar refractivity (Wildman–Crippen MR) is 113 cm³/mol. The van der Waals surface area contributed by atoms with Crippen molar-refractivity contribution in [2.45, 2.75) is 42.9 Å². The van der Waals surface area contributed by atoms with Crippen LogP contribution >= 0.6 is 11.8 Å². The number of hydrogen-bond acceptors (Lipinski definition) is 5. The van der Waals surface area contributed by atoms with E-state index in [-0.39, 0.29) is 5.91 Å². The van der Waals surface area contributed by atoms with Crippen molar-refractivity contribution in [3.8, 4) is 0 Å². The van der Waals surface area contributed by atoms with Crippen LogP contribution < -0.4 is 5.32 Å². The summed E-state index contributed by atoms with van der Waals surface area (Å²) in [7, 11) is 1.66. The van der Waals surface area contributed by atoms with Gasteiger partial charge in [0, 0.05) is 24.5 Å². The van der Waals surface area contributed by atoms with Crippen LogP contribution in [0.1, 0.15) is 40.2 Å². The van der Waals surface area contributed by atoms with Crippen molar-refractivity contribution in [2.24, 2.45) is 0 Å². The summed E-state index contributed by atoms with van der Waals surface area (Å²) in [4.78, 5) is 12.6. The molecule has 29 heavy (non-hydrogen) atoms. The van der Waals surface area contributed by atoms with Crippen LogP contribution in [0.15, 0.2) is 59.8 Å². The van der Waals surface area contributed by atoms with Crippen molar-refractivity contribution < 1.29 is 9.53 Å². The maximum atomic E-state index is 12.6. The number of ether oxygens (including phenoxy) is 1. The lowest BCUT2D eigenvalue weighted by Crippen LogP contribution is -2.26. The lowest BCUT2D eigenvalue weighted by atomic mass is 10.1. The van der Waals surface area contributed by atoms with Crippen LogP contribution in [-0.4, -0.2) is 33.8 Å². The van der Waals surface area contributed by atoms with Crippen LogP contribution in [0.5, 0.6) is 0 Å². The van der Waals surface area contributed by atoms with E-state index in [1.54, 1.807) is 18.9 Å². The molecule has 1 aliphatic rings. The number of carbonyl (C=O) groups excluding carboxylic acids is 1. The number of nitrogens with zero attached hydrogens (tertiary/aromatic N) is 3. The summed E-state index contributed by atoms with van der Waals surface area (Å²) in [6.07, 6.45) is 2.15. The molecule has 1 heterocycles. The molecule has 1 aromatic heterocycles. The summed E-state index contributed by atoms with van der Waals surface area (Å²) in [5.41, 5.74) is 2.91. The number of methoxy groups -OCH3 is 1. The zero-order valence-electron chi connectivity index (χ0n) is 16.4. The van der Waals surface area contributed by atoms with Gasteiger partial charge in [-0.2, -0.15) is 0 Å². The van der Waals surface area contributed by atoms with E-state index in [2.05, 4.69) is 32.2 Å². The standard InChI is InChI=1S/C22H24N4O2S/c1-28-14-20-24-25-22(26(20)13-16-7-3-2-4-8-16)29-15-17-9-5-6-10-19(17)21(27)23-18-11-12-18/h2-10,18H,11-15H2,1H3,(H,23,27). The average Bonchev–Trinajstić information content (AvgIpc) is 3.49. The number of carbonyl (C=O) groups is 1. The van der Waals surface area contributed by atoms with Gasteiger partial charge in [0.25, 0.3) is 5.91 Å². The first-order valence-corrected chi connectivity index (χ1v) is 10.7. The van der Waals surface area contributed by atoms with E-state index >= 15 is 0 Å². The van der Waals surface area contributed by atoms with Crippen LogP contribution in [0, 0.1) is 0 Å². The maximum absolute atomic E-state index is 12.6. The fourth-order valence-corrected chi connectivity index (χ4v) is 4.05. The SMILES string of the molecule is COCc1nnc(SCc2ccccc2C(=O)NC2CC2)n1Cc1ccccc1. The van der Waals surface area contributed by atoms with Gasteiger partial charge in [0.1, 0.15) is 6.61 Å². The molecule has 0 atom stereocenters. The lowest BCUT2D eigenvalue weighted by Gasteiger charge is -2.12. The minimum absolute atomic E-state index is 0.00882. The minimum Gasteiger partial charge on any atom is -0.377 e. The van der Waals surface area contributed by atoms with E-state index in [1.165, 1.54) is 5.56 Å². The van der Waals surface area contributed by atoms with Gasteiger partial charge >= 0.3 is 0 Å². The Bertz CT molecular complexity index is 970. The van der Waals surface area contributed by atoms with Gasteiger partial charge in [-0.15, -0.1) is 10.2 Å².